The summed E-state index contributed by atoms with van der Waals surface area (Å²) in [6, 6.07) is -0.698. The van der Waals surface area contributed by atoms with Crippen LogP contribution >= 0.6 is 0 Å². The number of carbonyl (C=O) groups excluding carboxylic acids is 1. The Morgan fingerprint density at radius 3 is 2.54 bits per heavy atom. The molecule has 13 heavy (non-hydrogen) atoms. The van der Waals surface area contributed by atoms with Crippen molar-refractivity contribution >= 4 is 5.78 Å². The van der Waals surface area contributed by atoms with E-state index in [1.54, 1.807) is 6.92 Å². The third-order valence-corrected chi connectivity index (χ3v) is 1.84. The fraction of sp³-hybridized carbons (Fsp3) is 0.857. The van der Waals surface area contributed by atoms with E-state index < -0.39 is 24.4 Å². The Morgan fingerprint density at radius 2 is 2.15 bits per heavy atom. The van der Waals surface area contributed by atoms with Crippen LogP contribution in [0.3, 0.4) is 0 Å². The largest absolute Gasteiger partial charge is 0.395 e. The minimum Gasteiger partial charge on any atom is -0.300 e. The molecule has 1 heterocycles. The zero-order valence-electron chi connectivity index (χ0n) is 7.11. The highest BCUT2D eigenvalue weighted by atomic mass is 19.4. The monoisotopic (exact) mass is 196 g/mol. The van der Waals surface area contributed by atoms with E-state index in [9.17, 15) is 18.0 Å². The van der Waals surface area contributed by atoms with Gasteiger partial charge >= 0.3 is 6.18 Å². The molecule has 0 amide bonds. The highest BCUT2D eigenvalue weighted by Gasteiger charge is 2.36. The summed E-state index contributed by atoms with van der Waals surface area (Å²) < 4.78 is 35.4. The van der Waals surface area contributed by atoms with Gasteiger partial charge in [0.05, 0.1) is 12.2 Å². The van der Waals surface area contributed by atoms with E-state index in [0.717, 1.165) is 0 Å². The normalized spacial score (nSPS) is 29.2. The maximum atomic E-state index is 11.8. The van der Waals surface area contributed by atoms with Gasteiger partial charge in [-0.1, -0.05) is 0 Å². The molecule has 3 nitrogen and oxygen atoms in total. The van der Waals surface area contributed by atoms with Gasteiger partial charge in [-0.05, 0) is 6.92 Å². The van der Waals surface area contributed by atoms with Crippen LogP contribution in [0.2, 0.25) is 0 Å². The molecule has 0 aliphatic carbocycles. The number of ketones is 1. The first-order valence-electron chi connectivity index (χ1n) is 3.97. The van der Waals surface area contributed by atoms with E-state index in [1.165, 1.54) is 0 Å². The number of alkyl halides is 3. The minimum atomic E-state index is -4.40. The van der Waals surface area contributed by atoms with Gasteiger partial charge in [0, 0.05) is 6.54 Å². The van der Waals surface area contributed by atoms with Crippen molar-refractivity contribution in [3.8, 4) is 0 Å². The van der Waals surface area contributed by atoms with Crippen molar-refractivity contribution in [3.05, 3.63) is 0 Å². The van der Waals surface area contributed by atoms with E-state index in [4.69, 9.17) is 0 Å². The summed E-state index contributed by atoms with van der Waals surface area (Å²) >= 11 is 0. The molecule has 1 fully saturated rings. The maximum absolute atomic E-state index is 11.8. The highest BCUT2D eigenvalue weighted by molar-refractivity contribution is 5.85. The highest BCUT2D eigenvalue weighted by Crippen LogP contribution is 2.20. The average Bonchev–Trinajstić information content (AvgIpc) is 2.31. The average molecular weight is 196 g/mol. The number of nitrogens with one attached hydrogen (secondary N) is 2. The quantitative estimate of drug-likeness (QED) is 0.672. The maximum Gasteiger partial charge on any atom is 0.395 e. The molecule has 0 aromatic carbocycles. The van der Waals surface area contributed by atoms with Crippen LogP contribution in [0.4, 0.5) is 13.2 Å². The Hall–Kier alpha value is -0.620. The lowest BCUT2D eigenvalue weighted by atomic mass is 10.1. The topological polar surface area (TPSA) is 41.1 Å². The molecular formula is C7H11F3N2O. The Kier molecular flexibility index (Phi) is 2.92. The van der Waals surface area contributed by atoms with Crippen molar-refractivity contribution in [2.24, 2.45) is 0 Å². The lowest BCUT2D eigenvalue weighted by Crippen LogP contribution is -2.38. The van der Waals surface area contributed by atoms with E-state index in [-0.39, 0.29) is 12.7 Å². The van der Waals surface area contributed by atoms with E-state index in [0.29, 0.717) is 0 Å². The first kappa shape index (κ1) is 10.5. The zero-order valence-corrected chi connectivity index (χ0v) is 7.11. The summed E-state index contributed by atoms with van der Waals surface area (Å²) in [5.41, 5.74) is 0. The second kappa shape index (κ2) is 3.63. The number of hydrogen-bond donors (Lipinski definition) is 2. The summed E-state index contributed by atoms with van der Waals surface area (Å²) in [4.78, 5) is 11.0. The van der Waals surface area contributed by atoms with Gasteiger partial charge < -0.3 is 5.32 Å². The molecule has 2 atom stereocenters. The van der Waals surface area contributed by atoms with Crippen LogP contribution < -0.4 is 10.6 Å². The number of halogens is 3. The molecule has 6 heteroatoms. The lowest BCUT2D eigenvalue weighted by molar-refractivity contribution is -0.153. The first-order chi connectivity index (χ1) is 5.88. The summed E-state index contributed by atoms with van der Waals surface area (Å²) in [5.74, 6) is -0.802. The SMILES string of the molecule is CC1NCC(C(=O)CC(F)(F)F)N1. The molecule has 0 aromatic rings. The Bertz CT molecular complexity index is 204. The molecule has 0 radical (unpaired) electrons. The minimum absolute atomic E-state index is 0.0952. The van der Waals surface area contributed by atoms with Gasteiger partial charge in [-0.3, -0.25) is 10.1 Å². The molecule has 0 aromatic heterocycles. The molecular weight excluding hydrogens is 185 g/mol. The summed E-state index contributed by atoms with van der Waals surface area (Å²) in [6.45, 7) is 2.02. The number of Topliss-reactive ketones (excluding diaryl/α,β-unsaturated/α-hetero) is 1. The number of carbonyl (C=O) groups is 1. The first-order valence-corrected chi connectivity index (χ1v) is 3.97. The number of rotatable bonds is 2. The molecule has 0 bridgehead atoms. The van der Waals surface area contributed by atoms with Crippen molar-refractivity contribution in [3.63, 3.8) is 0 Å². The van der Waals surface area contributed by atoms with Crippen molar-refractivity contribution in [2.45, 2.75) is 31.7 Å². The van der Waals surface area contributed by atoms with E-state index in [2.05, 4.69) is 10.6 Å². The third kappa shape index (κ3) is 3.31. The van der Waals surface area contributed by atoms with Gasteiger partial charge in [0.25, 0.3) is 0 Å². The van der Waals surface area contributed by atoms with Crippen LogP contribution in [0, 0.1) is 0 Å². The molecule has 1 saturated heterocycles. The summed E-state index contributed by atoms with van der Waals surface area (Å²) in [6.07, 6.45) is -5.84. The van der Waals surface area contributed by atoms with Gasteiger partial charge in [-0.25, -0.2) is 0 Å². The molecule has 0 spiro atoms. The fourth-order valence-corrected chi connectivity index (χ4v) is 1.24. The standard InChI is InChI=1S/C7H11F3N2O/c1-4-11-3-5(12-4)6(13)2-7(8,9)10/h4-5,11-12H,2-3H2,1H3. The van der Waals surface area contributed by atoms with Crippen molar-refractivity contribution in [1.29, 1.82) is 0 Å². The fourth-order valence-electron chi connectivity index (χ4n) is 1.24. The summed E-state index contributed by atoms with van der Waals surface area (Å²) in [5, 5.41) is 5.55. The summed E-state index contributed by atoms with van der Waals surface area (Å²) in [7, 11) is 0. The van der Waals surface area contributed by atoms with Crippen LogP contribution in [0.1, 0.15) is 13.3 Å². The van der Waals surface area contributed by atoms with Gasteiger partial charge in [0.2, 0.25) is 0 Å². The third-order valence-electron chi connectivity index (χ3n) is 1.84. The Balaban J connectivity index is 2.41. The van der Waals surface area contributed by atoms with Gasteiger partial charge in [0.15, 0.2) is 5.78 Å². The molecule has 0 saturated carbocycles. The van der Waals surface area contributed by atoms with Crippen LogP contribution in [0.5, 0.6) is 0 Å². The van der Waals surface area contributed by atoms with Crippen molar-refractivity contribution < 1.29 is 18.0 Å². The second-order valence-electron chi connectivity index (χ2n) is 3.11. The Labute approximate surface area is 73.7 Å². The van der Waals surface area contributed by atoms with Crippen LogP contribution in [-0.4, -0.2) is 30.7 Å². The predicted octanol–water partition coefficient (Wildman–Crippen LogP) is 0.415. The van der Waals surface area contributed by atoms with Crippen LogP contribution in [0.15, 0.2) is 0 Å². The number of hydrogen-bond acceptors (Lipinski definition) is 3. The smallest absolute Gasteiger partial charge is 0.300 e. The molecule has 1 rings (SSSR count). The van der Waals surface area contributed by atoms with Crippen molar-refractivity contribution in [2.75, 3.05) is 6.54 Å². The molecule has 2 N–H and O–H groups in total. The van der Waals surface area contributed by atoms with Gasteiger partial charge in [0.1, 0.15) is 6.42 Å². The predicted molar refractivity (Wildman–Crippen MR) is 40.1 cm³/mol. The molecule has 2 unspecified atom stereocenters. The van der Waals surface area contributed by atoms with Crippen LogP contribution in [-0.2, 0) is 4.79 Å². The molecule has 1 aliphatic rings. The van der Waals surface area contributed by atoms with Crippen molar-refractivity contribution in [1.82, 2.24) is 10.6 Å². The second-order valence-corrected chi connectivity index (χ2v) is 3.11. The molecule has 1 aliphatic heterocycles. The molecule has 76 valence electrons. The van der Waals surface area contributed by atoms with Gasteiger partial charge in [-0.15, -0.1) is 0 Å². The Morgan fingerprint density at radius 1 is 1.54 bits per heavy atom. The van der Waals surface area contributed by atoms with Crippen LogP contribution in [0.25, 0.3) is 0 Å². The lowest BCUT2D eigenvalue weighted by Gasteiger charge is -2.10. The zero-order chi connectivity index (χ0) is 10.1. The van der Waals surface area contributed by atoms with E-state index in [1.807, 2.05) is 0 Å². The van der Waals surface area contributed by atoms with E-state index >= 15 is 0 Å². The van der Waals surface area contributed by atoms with Gasteiger partial charge in [-0.2, -0.15) is 13.2 Å².